The molecule has 2 aliphatic heterocycles. The number of rotatable bonds is 26. The molecule has 0 aromatic carbocycles. The van der Waals surface area contributed by atoms with Gasteiger partial charge < -0.3 is 34.6 Å². The molecule has 15 heteroatoms. The molecule has 0 aliphatic carbocycles. The van der Waals surface area contributed by atoms with Crippen LogP contribution in [0.25, 0.3) is 0 Å². The highest BCUT2D eigenvalue weighted by atomic mass is 32.2. The molecule has 13 nitrogen and oxygen atoms in total. The van der Waals surface area contributed by atoms with Crippen LogP contribution in [0.2, 0.25) is 0 Å². The number of oxime groups is 1. The van der Waals surface area contributed by atoms with Gasteiger partial charge in [-0.3, -0.25) is 14.4 Å². The number of nitrogens with zero attached hydrogens (tertiary/aromatic N) is 3. The predicted molar refractivity (Wildman–Crippen MR) is 187 cm³/mol. The molecule has 3 rings (SSSR count). The maximum atomic E-state index is 13.4. The average Bonchev–Trinajstić information content (AvgIpc) is 3.55. The summed E-state index contributed by atoms with van der Waals surface area (Å²) in [4.78, 5) is 61.0. The third-order valence-corrected chi connectivity index (χ3v) is 9.75. The summed E-state index contributed by atoms with van der Waals surface area (Å²) in [7, 11) is 1.28. The first-order chi connectivity index (χ1) is 23.4. The summed E-state index contributed by atoms with van der Waals surface area (Å²) in [5.41, 5.74) is 0.0180. The second-order valence-electron chi connectivity index (χ2n) is 11.7. The van der Waals surface area contributed by atoms with Crippen molar-refractivity contribution in [3.05, 3.63) is 22.6 Å². The highest BCUT2D eigenvalue weighted by molar-refractivity contribution is 8.02. The van der Waals surface area contributed by atoms with Crippen LogP contribution in [0.15, 0.2) is 22.0 Å². The number of carbonyl (C=O) groups is 4. The van der Waals surface area contributed by atoms with Crippen LogP contribution in [-0.2, 0) is 38.2 Å². The lowest BCUT2D eigenvalue weighted by molar-refractivity contribution is -0.169. The smallest absolute Gasteiger partial charge is 0.333 e. The molecule has 268 valence electrons. The molecule has 1 fully saturated rings. The van der Waals surface area contributed by atoms with Crippen molar-refractivity contribution in [3.63, 3.8) is 0 Å². The van der Waals surface area contributed by atoms with Gasteiger partial charge in [-0.25, -0.2) is 9.78 Å². The van der Waals surface area contributed by atoms with Gasteiger partial charge in [-0.15, -0.1) is 23.1 Å². The summed E-state index contributed by atoms with van der Waals surface area (Å²) >= 11 is 2.41. The molecule has 1 saturated heterocycles. The van der Waals surface area contributed by atoms with Gasteiger partial charge in [-0.2, -0.15) is 0 Å². The Balaban J connectivity index is 1.54. The van der Waals surface area contributed by atoms with Crippen molar-refractivity contribution in [1.29, 1.82) is 0 Å². The number of thioether (sulfide) groups is 1. The summed E-state index contributed by atoms with van der Waals surface area (Å²) < 4.78 is 17.7. The van der Waals surface area contributed by atoms with Gasteiger partial charge in [0.1, 0.15) is 36.4 Å². The number of anilines is 1. The Hall–Kier alpha value is -3.01. The van der Waals surface area contributed by atoms with E-state index >= 15 is 0 Å². The fourth-order valence-corrected chi connectivity index (χ4v) is 7.06. The molecule has 1 aromatic rings. The quantitative estimate of drug-likeness (QED) is 0.0335. The van der Waals surface area contributed by atoms with E-state index in [0.29, 0.717) is 19.6 Å². The molecule has 0 bridgehead atoms. The van der Waals surface area contributed by atoms with Gasteiger partial charge in [0.2, 0.25) is 12.3 Å². The fourth-order valence-electron chi connectivity index (χ4n) is 5.30. The van der Waals surface area contributed by atoms with Gasteiger partial charge in [-0.1, -0.05) is 83.2 Å². The zero-order valence-electron chi connectivity index (χ0n) is 28.4. The number of aromatic nitrogens is 1. The van der Waals surface area contributed by atoms with Crippen LogP contribution in [0.3, 0.4) is 0 Å². The first kappa shape index (κ1) is 39.4. The molecule has 2 N–H and O–H groups in total. The van der Waals surface area contributed by atoms with Crippen LogP contribution in [0.1, 0.15) is 96.6 Å². The number of hydrogen-bond acceptors (Lipinski definition) is 12. The number of fused-ring (bicyclic) bond motifs is 1. The van der Waals surface area contributed by atoms with Crippen molar-refractivity contribution in [1.82, 2.24) is 15.2 Å². The van der Waals surface area contributed by atoms with Crippen molar-refractivity contribution in [2.45, 2.75) is 114 Å². The Bertz CT molecular complexity index is 1190. The molecule has 0 radical (unpaired) electrons. The number of nitrogens with one attached hydrogen (secondary N) is 2. The number of thiazole rings is 1. The summed E-state index contributed by atoms with van der Waals surface area (Å²) in [6.45, 7) is 5.97. The van der Waals surface area contributed by atoms with Crippen molar-refractivity contribution in [3.8, 4) is 0 Å². The first-order valence-corrected chi connectivity index (χ1v) is 18.9. The number of β-lactam (4-membered cyclic amide) rings is 1. The molecule has 3 heterocycles. The first-order valence-electron chi connectivity index (χ1n) is 17.0. The van der Waals surface area contributed by atoms with Crippen molar-refractivity contribution in [2.75, 3.05) is 38.9 Å². The van der Waals surface area contributed by atoms with Gasteiger partial charge in [-0.05, 0) is 24.3 Å². The SMILES string of the molecule is CCCCCCCCOCC(COCCCCCCCC)OC(=O)C1C=CS[C@H]2C(NC(=O)C(=NOC)c3csc(NC=O)n3)C(=O)N12. The van der Waals surface area contributed by atoms with Gasteiger partial charge in [0, 0.05) is 18.6 Å². The molecule has 0 saturated carbocycles. The Labute approximate surface area is 291 Å². The summed E-state index contributed by atoms with van der Waals surface area (Å²) in [5.74, 6) is -1.69. The van der Waals surface area contributed by atoms with E-state index in [1.165, 1.54) is 80.5 Å². The van der Waals surface area contributed by atoms with E-state index in [4.69, 9.17) is 19.0 Å². The molecule has 3 atom stereocenters. The molecule has 2 aliphatic rings. The normalized spacial score (nSPS) is 18.8. The monoisotopic (exact) mass is 709 g/mol. The Morgan fingerprint density at radius 1 is 1.00 bits per heavy atom. The van der Waals surface area contributed by atoms with E-state index in [1.807, 2.05) is 0 Å². The molecule has 3 amide bonds. The number of hydrogen-bond donors (Lipinski definition) is 2. The lowest BCUT2D eigenvalue weighted by atomic mass is 10.0. The van der Waals surface area contributed by atoms with E-state index in [9.17, 15) is 19.2 Å². The minimum atomic E-state index is -0.945. The van der Waals surface area contributed by atoms with Crippen LogP contribution in [0, 0.1) is 0 Å². The topological polar surface area (TPSA) is 158 Å². The number of carbonyl (C=O) groups excluding carboxylic acids is 4. The fraction of sp³-hybridized carbons (Fsp3) is 0.697. The molecular weight excluding hydrogens is 659 g/mol. The number of ether oxygens (including phenoxy) is 3. The minimum Gasteiger partial charge on any atom is -0.456 e. The van der Waals surface area contributed by atoms with Gasteiger partial charge in [0.05, 0.1) is 13.2 Å². The van der Waals surface area contributed by atoms with Gasteiger partial charge in [0.15, 0.2) is 10.8 Å². The molecule has 1 aromatic heterocycles. The Morgan fingerprint density at radius 3 is 2.23 bits per heavy atom. The predicted octanol–water partition coefficient (Wildman–Crippen LogP) is 5.01. The van der Waals surface area contributed by atoms with Crippen molar-refractivity contribution < 1.29 is 38.2 Å². The van der Waals surface area contributed by atoms with Crippen LogP contribution in [0.5, 0.6) is 0 Å². The molecule has 0 spiro atoms. The number of unbranched alkanes of at least 4 members (excludes halogenated alkanes) is 10. The largest absolute Gasteiger partial charge is 0.456 e. The van der Waals surface area contributed by atoms with E-state index in [0.717, 1.165) is 37.0 Å². The van der Waals surface area contributed by atoms with Crippen LogP contribution in [-0.4, -0.2) is 96.9 Å². The third kappa shape index (κ3) is 12.5. The molecular formula is C33H51N5O8S2. The summed E-state index contributed by atoms with van der Waals surface area (Å²) in [6, 6.07) is -1.85. The maximum absolute atomic E-state index is 13.4. The third-order valence-electron chi connectivity index (χ3n) is 7.89. The summed E-state index contributed by atoms with van der Waals surface area (Å²) in [5, 5.41) is 11.9. The maximum Gasteiger partial charge on any atom is 0.333 e. The van der Waals surface area contributed by atoms with Gasteiger partial charge in [0.25, 0.3) is 5.91 Å². The lowest BCUT2D eigenvalue weighted by Crippen LogP contribution is -2.73. The van der Waals surface area contributed by atoms with Gasteiger partial charge >= 0.3 is 5.97 Å². The van der Waals surface area contributed by atoms with Crippen LogP contribution in [0.4, 0.5) is 5.13 Å². The number of esters is 1. The Morgan fingerprint density at radius 2 is 1.62 bits per heavy atom. The van der Waals surface area contributed by atoms with E-state index < -0.39 is 41.3 Å². The zero-order valence-corrected chi connectivity index (χ0v) is 30.0. The van der Waals surface area contributed by atoms with E-state index in [1.54, 1.807) is 11.5 Å². The second-order valence-corrected chi connectivity index (χ2v) is 13.5. The van der Waals surface area contributed by atoms with Crippen LogP contribution < -0.4 is 10.6 Å². The summed E-state index contributed by atoms with van der Waals surface area (Å²) in [6.07, 6.45) is 15.3. The number of amides is 3. The van der Waals surface area contributed by atoms with E-state index in [2.05, 4.69) is 34.6 Å². The van der Waals surface area contributed by atoms with E-state index in [-0.39, 0.29) is 29.8 Å². The average molecular weight is 710 g/mol. The standard InChI is InChI=1S/C33H51N5O8S2/c1-4-6-8-10-12-14-17-44-20-24(21-45-18-15-13-11-9-7-5-2)46-32(42)26-16-19-47-31-28(30(41)38(26)31)36-29(40)27(37-43-3)25-22-48-33(35-25)34-23-39/h16,19,22-24,26,28,31H,4-15,17-18,20-21H2,1-3H3,(H,36,40)(H,34,35,39)/t26?,28?,31-/m0/s1. The molecule has 2 unspecified atom stereocenters. The zero-order chi connectivity index (χ0) is 34.6. The molecule has 48 heavy (non-hydrogen) atoms. The van der Waals surface area contributed by atoms with Crippen LogP contribution >= 0.6 is 23.1 Å². The Kier molecular flexibility index (Phi) is 18.6. The lowest BCUT2D eigenvalue weighted by Gasteiger charge is -2.50. The highest BCUT2D eigenvalue weighted by Gasteiger charge is 2.54. The van der Waals surface area contributed by atoms with Crippen molar-refractivity contribution in [2.24, 2.45) is 5.16 Å². The van der Waals surface area contributed by atoms with Crippen molar-refractivity contribution >= 4 is 58.1 Å². The highest BCUT2D eigenvalue weighted by Crippen LogP contribution is 2.37. The minimum absolute atomic E-state index is 0.156. The second kappa shape index (κ2) is 22.6.